The minimum Gasteiger partial charge on any atom is -0.303 e. The Kier molecular flexibility index (Phi) is 3.05. The molecule has 6 atom stereocenters. The molecule has 2 aliphatic rings. The summed E-state index contributed by atoms with van der Waals surface area (Å²) in [5, 5.41) is -0.184. The van der Waals surface area contributed by atoms with E-state index < -0.39 is 11.3 Å². The Hall–Kier alpha value is -0.180. The molecule has 0 saturated heterocycles. The number of carbonyl (C=O) groups is 1. The molecular weight excluding hydrogens is 246 g/mol. The number of hydrogen-bond acceptors (Lipinski definition) is 1. The van der Waals surface area contributed by atoms with Gasteiger partial charge in [0, 0.05) is 16.7 Å². The lowest BCUT2D eigenvalue weighted by atomic mass is 9.68. The maximum atomic E-state index is 14.0. The van der Waals surface area contributed by atoms with Gasteiger partial charge in [-0.25, -0.2) is 8.78 Å². The van der Waals surface area contributed by atoms with Crippen molar-refractivity contribution in [1.82, 2.24) is 0 Å². The van der Waals surface area contributed by atoms with Crippen LogP contribution in [0.15, 0.2) is 0 Å². The van der Waals surface area contributed by atoms with Crippen molar-refractivity contribution >= 4 is 17.9 Å². The van der Waals surface area contributed by atoms with Crippen LogP contribution in [0.25, 0.3) is 0 Å². The largest absolute Gasteiger partial charge is 0.303 e. The van der Waals surface area contributed by atoms with Gasteiger partial charge in [0.15, 0.2) is 0 Å². The zero-order chi connectivity index (χ0) is 13.0. The Labute approximate surface area is 106 Å². The quantitative estimate of drug-likeness (QED) is 0.548. The van der Waals surface area contributed by atoms with Gasteiger partial charge < -0.3 is 4.79 Å². The Morgan fingerprint density at radius 3 is 2.47 bits per heavy atom. The van der Waals surface area contributed by atoms with Gasteiger partial charge in [-0.1, -0.05) is 13.8 Å². The summed E-state index contributed by atoms with van der Waals surface area (Å²) in [6.45, 7) is 4.47. The van der Waals surface area contributed by atoms with Crippen LogP contribution in [0.1, 0.15) is 33.6 Å². The van der Waals surface area contributed by atoms with Gasteiger partial charge in [0.25, 0.3) is 5.92 Å². The van der Waals surface area contributed by atoms with Crippen molar-refractivity contribution < 1.29 is 13.6 Å². The second-order valence-electron chi connectivity index (χ2n) is 6.07. The molecule has 2 saturated carbocycles. The third kappa shape index (κ3) is 1.81. The standard InChI is InChI=1S/C13H19ClF2O/c1-7-4-8(6-17)5-9-10(11(9)14)12(7,2)13(3,15)16/h6-11H,4-5H2,1-3H3/t7?,8?,9?,10?,11-,12?/m0/s1. The molecule has 1 nitrogen and oxygen atoms in total. The fourth-order valence-electron chi connectivity index (χ4n) is 3.69. The van der Waals surface area contributed by atoms with Gasteiger partial charge in [-0.2, -0.15) is 0 Å². The van der Waals surface area contributed by atoms with E-state index in [2.05, 4.69) is 0 Å². The van der Waals surface area contributed by atoms with E-state index in [-0.39, 0.29) is 29.0 Å². The van der Waals surface area contributed by atoms with Gasteiger partial charge in [0.05, 0.1) is 0 Å². The maximum absolute atomic E-state index is 14.0. The van der Waals surface area contributed by atoms with Crippen molar-refractivity contribution in [2.24, 2.45) is 29.1 Å². The molecule has 0 spiro atoms. The van der Waals surface area contributed by atoms with Crippen LogP contribution in [-0.4, -0.2) is 17.6 Å². The molecule has 0 N–H and O–H groups in total. The third-order valence-electron chi connectivity index (χ3n) is 5.16. The summed E-state index contributed by atoms with van der Waals surface area (Å²) >= 11 is 6.16. The smallest absolute Gasteiger partial charge is 0.251 e. The highest BCUT2D eigenvalue weighted by atomic mass is 35.5. The van der Waals surface area contributed by atoms with E-state index >= 15 is 0 Å². The third-order valence-corrected chi connectivity index (χ3v) is 5.75. The first-order valence-electron chi connectivity index (χ1n) is 6.20. The first kappa shape index (κ1) is 13.3. The summed E-state index contributed by atoms with van der Waals surface area (Å²) in [5.41, 5.74) is -1.08. The van der Waals surface area contributed by atoms with Crippen LogP contribution in [0, 0.1) is 29.1 Å². The highest BCUT2D eigenvalue weighted by Gasteiger charge is 2.68. The molecule has 2 rings (SSSR count). The highest BCUT2D eigenvalue weighted by molar-refractivity contribution is 6.23. The normalized spacial score (nSPS) is 50.4. The summed E-state index contributed by atoms with van der Waals surface area (Å²) in [6, 6.07) is 0. The van der Waals surface area contributed by atoms with Crippen molar-refractivity contribution in [1.29, 1.82) is 0 Å². The van der Waals surface area contributed by atoms with E-state index in [0.29, 0.717) is 12.8 Å². The van der Waals surface area contributed by atoms with E-state index in [1.54, 1.807) is 6.92 Å². The van der Waals surface area contributed by atoms with E-state index in [1.165, 1.54) is 0 Å². The lowest BCUT2D eigenvalue weighted by molar-refractivity contribution is -0.139. The average molecular weight is 265 g/mol. The van der Waals surface area contributed by atoms with E-state index in [0.717, 1.165) is 13.2 Å². The topological polar surface area (TPSA) is 17.1 Å². The predicted molar refractivity (Wildman–Crippen MR) is 63.3 cm³/mol. The van der Waals surface area contributed by atoms with Crippen LogP contribution in [0.5, 0.6) is 0 Å². The highest BCUT2D eigenvalue weighted by Crippen LogP contribution is 2.67. The second kappa shape index (κ2) is 3.91. The summed E-state index contributed by atoms with van der Waals surface area (Å²) in [4.78, 5) is 11.0. The van der Waals surface area contributed by atoms with E-state index in [9.17, 15) is 13.6 Å². The van der Waals surface area contributed by atoms with Gasteiger partial charge in [-0.15, -0.1) is 11.6 Å². The number of carbonyl (C=O) groups excluding carboxylic acids is 1. The average Bonchev–Trinajstić information content (AvgIpc) is 2.86. The number of fused-ring (bicyclic) bond motifs is 1. The fraction of sp³-hybridized carbons (Fsp3) is 0.923. The second-order valence-corrected chi connectivity index (χ2v) is 6.58. The minimum absolute atomic E-state index is 0.0904. The van der Waals surface area contributed by atoms with Gasteiger partial charge in [0.2, 0.25) is 0 Å². The Morgan fingerprint density at radius 1 is 1.41 bits per heavy atom. The van der Waals surface area contributed by atoms with Crippen LogP contribution >= 0.6 is 11.6 Å². The van der Waals surface area contributed by atoms with Crippen LogP contribution in [0.3, 0.4) is 0 Å². The summed E-state index contributed by atoms with van der Waals surface area (Å²) in [5.74, 6) is -3.10. The Bertz CT molecular complexity index is 328. The van der Waals surface area contributed by atoms with Crippen LogP contribution in [0.2, 0.25) is 0 Å². The lowest BCUT2D eigenvalue weighted by Crippen LogP contribution is -2.44. The van der Waals surface area contributed by atoms with Gasteiger partial charge >= 0.3 is 0 Å². The molecular formula is C13H19ClF2O. The summed E-state index contributed by atoms with van der Waals surface area (Å²) in [7, 11) is 0. The number of halogens is 3. The molecule has 2 aliphatic carbocycles. The lowest BCUT2D eigenvalue weighted by Gasteiger charge is -2.41. The molecule has 0 radical (unpaired) electrons. The maximum Gasteiger partial charge on any atom is 0.251 e. The molecule has 0 bridgehead atoms. The van der Waals surface area contributed by atoms with Gasteiger partial charge in [0.1, 0.15) is 6.29 Å². The van der Waals surface area contributed by atoms with Crippen molar-refractivity contribution in [2.75, 3.05) is 0 Å². The van der Waals surface area contributed by atoms with Crippen LogP contribution < -0.4 is 0 Å². The molecule has 0 amide bonds. The molecule has 0 aromatic heterocycles. The fourth-order valence-corrected chi connectivity index (χ4v) is 4.32. The van der Waals surface area contributed by atoms with Gasteiger partial charge in [-0.3, -0.25) is 0 Å². The van der Waals surface area contributed by atoms with Crippen molar-refractivity contribution in [3.63, 3.8) is 0 Å². The predicted octanol–water partition coefficient (Wildman–Crippen LogP) is 3.75. The van der Waals surface area contributed by atoms with Gasteiger partial charge in [-0.05, 0) is 37.5 Å². The van der Waals surface area contributed by atoms with Crippen LogP contribution in [-0.2, 0) is 4.79 Å². The molecule has 0 aromatic carbocycles. The minimum atomic E-state index is -2.75. The number of aldehydes is 1. The van der Waals surface area contributed by atoms with Crippen molar-refractivity contribution in [3.05, 3.63) is 0 Å². The summed E-state index contributed by atoms with van der Waals surface area (Å²) < 4.78 is 27.9. The SMILES string of the molecule is CC1CC(C=O)CC2C([C@H]2Cl)C1(C)C(C)(F)F. The number of alkyl halides is 3. The first-order valence-corrected chi connectivity index (χ1v) is 6.64. The molecule has 98 valence electrons. The molecule has 4 heteroatoms. The zero-order valence-electron chi connectivity index (χ0n) is 10.4. The van der Waals surface area contributed by atoms with Crippen molar-refractivity contribution in [3.8, 4) is 0 Å². The molecule has 17 heavy (non-hydrogen) atoms. The number of hydrogen-bond donors (Lipinski definition) is 0. The summed E-state index contributed by atoms with van der Waals surface area (Å²) in [6.07, 6.45) is 2.15. The van der Waals surface area contributed by atoms with E-state index in [4.69, 9.17) is 11.6 Å². The zero-order valence-corrected chi connectivity index (χ0v) is 11.2. The number of rotatable bonds is 2. The Morgan fingerprint density at radius 2 is 2.00 bits per heavy atom. The molecule has 0 aromatic rings. The molecule has 0 heterocycles. The molecule has 2 fully saturated rings. The monoisotopic (exact) mass is 264 g/mol. The van der Waals surface area contributed by atoms with Crippen LogP contribution in [0.4, 0.5) is 8.78 Å². The Balaban J connectivity index is 2.35. The van der Waals surface area contributed by atoms with E-state index in [1.807, 2.05) is 6.92 Å². The first-order chi connectivity index (χ1) is 7.73. The molecule has 5 unspecified atom stereocenters. The van der Waals surface area contributed by atoms with Crippen molar-refractivity contribution in [2.45, 2.75) is 44.9 Å². The molecule has 0 aliphatic heterocycles.